The molecule has 0 radical (unpaired) electrons. The molecule has 1 aromatic rings. The molecule has 1 aliphatic rings. The largest absolute Gasteiger partial charge is 0.396 e. The lowest BCUT2D eigenvalue weighted by molar-refractivity contribution is 0.172. The SMILES string of the molecule is CN=C(NCC(CO)c1ccccc1)NCC1(CCOC)CC1. The van der Waals surface area contributed by atoms with Gasteiger partial charge in [-0.05, 0) is 30.2 Å². The number of ether oxygens (including phenoxy) is 1. The highest BCUT2D eigenvalue weighted by atomic mass is 16.5. The predicted octanol–water partition coefficient (Wildman–Crippen LogP) is 1.74. The molecule has 5 heteroatoms. The molecule has 3 N–H and O–H groups in total. The standard InChI is InChI=1S/C18H29N3O2/c1-19-17(21-14-18(8-9-18)10-11-23-2)20-12-16(13-22)15-6-4-3-5-7-15/h3-7,16,22H,8-14H2,1-2H3,(H2,19,20,21). The molecule has 0 saturated heterocycles. The lowest BCUT2D eigenvalue weighted by Crippen LogP contribution is -2.42. The van der Waals surface area contributed by atoms with Gasteiger partial charge in [0.05, 0.1) is 6.61 Å². The van der Waals surface area contributed by atoms with Gasteiger partial charge in [0, 0.05) is 39.8 Å². The monoisotopic (exact) mass is 319 g/mol. The van der Waals surface area contributed by atoms with Crippen molar-refractivity contribution in [3.8, 4) is 0 Å². The zero-order chi connectivity index (χ0) is 16.5. The first-order chi connectivity index (χ1) is 11.2. The Morgan fingerprint density at radius 3 is 2.61 bits per heavy atom. The van der Waals surface area contributed by atoms with Crippen molar-refractivity contribution < 1.29 is 9.84 Å². The predicted molar refractivity (Wildman–Crippen MR) is 93.8 cm³/mol. The van der Waals surface area contributed by atoms with Crippen LogP contribution >= 0.6 is 0 Å². The van der Waals surface area contributed by atoms with Crippen LogP contribution in [0, 0.1) is 5.41 Å². The fourth-order valence-electron chi connectivity index (χ4n) is 2.74. The van der Waals surface area contributed by atoms with E-state index in [0.29, 0.717) is 12.0 Å². The maximum absolute atomic E-state index is 9.62. The van der Waals surface area contributed by atoms with E-state index in [9.17, 15) is 5.11 Å². The second-order valence-electron chi connectivity index (χ2n) is 6.34. The summed E-state index contributed by atoms with van der Waals surface area (Å²) in [6, 6.07) is 10.1. The Morgan fingerprint density at radius 2 is 2.04 bits per heavy atom. The molecule has 1 aliphatic carbocycles. The lowest BCUT2D eigenvalue weighted by Gasteiger charge is -2.20. The minimum atomic E-state index is 0.0677. The Bertz CT molecular complexity index is 486. The van der Waals surface area contributed by atoms with E-state index in [0.717, 1.165) is 31.1 Å². The molecule has 1 fully saturated rings. The summed E-state index contributed by atoms with van der Waals surface area (Å²) in [5.41, 5.74) is 1.51. The summed E-state index contributed by atoms with van der Waals surface area (Å²) in [6.07, 6.45) is 3.60. The number of nitrogens with zero attached hydrogens (tertiary/aromatic N) is 1. The first-order valence-corrected chi connectivity index (χ1v) is 8.32. The number of rotatable bonds is 9. The van der Waals surface area contributed by atoms with E-state index in [1.54, 1.807) is 14.2 Å². The van der Waals surface area contributed by atoms with Crippen molar-refractivity contribution in [1.29, 1.82) is 0 Å². The average molecular weight is 319 g/mol. The molecule has 0 amide bonds. The number of aliphatic imine (C=N–C) groups is 1. The van der Waals surface area contributed by atoms with Gasteiger partial charge < -0.3 is 20.5 Å². The molecule has 1 unspecified atom stereocenters. The van der Waals surface area contributed by atoms with Crippen LogP contribution in [0.4, 0.5) is 0 Å². The molecule has 0 spiro atoms. The van der Waals surface area contributed by atoms with Gasteiger partial charge in [-0.1, -0.05) is 30.3 Å². The zero-order valence-electron chi connectivity index (χ0n) is 14.2. The molecular weight excluding hydrogens is 290 g/mol. The molecule has 0 heterocycles. The summed E-state index contributed by atoms with van der Waals surface area (Å²) >= 11 is 0. The molecule has 2 rings (SSSR count). The van der Waals surface area contributed by atoms with E-state index in [1.807, 2.05) is 30.3 Å². The number of nitrogens with one attached hydrogen (secondary N) is 2. The van der Waals surface area contributed by atoms with Crippen molar-refractivity contribution >= 4 is 5.96 Å². The number of guanidine groups is 1. The number of methoxy groups -OCH3 is 1. The van der Waals surface area contributed by atoms with Gasteiger partial charge in [-0.3, -0.25) is 4.99 Å². The summed E-state index contributed by atoms with van der Waals surface area (Å²) in [5.74, 6) is 0.862. The van der Waals surface area contributed by atoms with E-state index >= 15 is 0 Å². The van der Waals surface area contributed by atoms with E-state index < -0.39 is 0 Å². The summed E-state index contributed by atoms with van der Waals surface area (Å²) in [4.78, 5) is 4.28. The highest BCUT2D eigenvalue weighted by Gasteiger charge is 2.41. The van der Waals surface area contributed by atoms with Crippen LogP contribution in [0.2, 0.25) is 0 Å². The number of hydrogen-bond acceptors (Lipinski definition) is 3. The van der Waals surface area contributed by atoms with Crippen molar-refractivity contribution in [2.75, 3.05) is 40.5 Å². The average Bonchev–Trinajstić information content (AvgIpc) is 3.37. The Labute approximate surface area is 139 Å². The molecule has 23 heavy (non-hydrogen) atoms. The summed E-state index contributed by atoms with van der Waals surface area (Å²) in [7, 11) is 3.53. The molecule has 1 saturated carbocycles. The molecule has 0 bridgehead atoms. The first-order valence-electron chi connectivity index (χ1n) is 8.32. The molecule has 0 aromatic heterocycles. The van der Waals surface area contributed by atoms with Crippen LogP contribution in [-0.2, 0) is 4.74 Å². The second-order valence-corrected chi connectivity index (χ2v) is 6.34. The third-order valence-corrected chi connectivity index (χ3v) is 4.66. The molecular formula is C18H29N3O2. The third kappa shape index (κ3) is 5.52. The van der Waals surface area contributed by atoms with Gasteiger partial charge >= 0.3 is 0 Å². The highest BCUT2D eigenvalue weighted by Crippen LogP contribution is 2.48. The number of hydrogen-bond donors (Lipinski definition) is 3. The summed E-state index contributed by atoms with van der Waals surface area (Å²) in [5, 5.41) is 16.4. The Hall–Kier alpha value is -1.59. The van der Waals surface area contributed by atoms with Gasteiger partial charge in [-0.25, -0.2) is 0 Å². The van der Waals surface area contributed by atoms with Crippen molar-refractivity contribution in [2.45, 2.75) is 25.2 Å². The fraction of sp³-hybridized carbons (Fsp3) is 0.611. The molecule has 1 atom stereocenters. The number of benzene rings is 1. The van der Waals surface area contributed by atoms with E-state index in [1.165, 1.54) is 12.8 Å². The van der Waals surface area contributed by atoms with Crippen LogP contribution in [0.1, 0.15) is 30.7 Å². The van der Waals surface area contributed by atoms with E-state index in [2.05, 4.69) is 15.6 Å². The maximum atomic E-state index is 9.62. The van der Waals surface area contributed by atoms with Gasteiger partial charge in [0.15, 0.2) is 5.96 Å². The number of aliphatic hydroxyl groups is 1. The third-order valence-electron chi connectivity index (χ3n) is 4.66. The molecule has 0 aliphatic heterocycles. The van der Waals surface area contributed by atoms with Crippen LogP contribution < -0.4 is 10.6 Å². The molecule has 128 valence electrons. The van der Waals surface area contributed by atoms with Crippen LogP contribution in [0.3, 0.4) is 0 Å². The van der Waals surface area contributed by atoms with Crippen LogP contribution in [0.25, 0.3) is 0 Å². The van der Waals surface area contributed by atoms with Crippen molar-refractivity contribution in [1.82, 2.24) is 10.6 Å². The van der Waals surface area contributed by atoms with Crippen LogP contribution in [-0.4, -0.2) is 51.5 Å². The topological polar surface area (TPSA) is 65.9 Å². The lowest BCUT2D eigenvalue weighted by atomic mass is 10.0. The van der Waals surface area contributed by atoms with Crippen LogP contribution in [0.5, 0.6) is 0 Å². The Morgan fingerprint density at radius 1 is 1.30 bits per heavy atom. The van der Waals surface area contributed by atoms with Gasteiger partial charge in [0.2, 0.25) is 0 Å². The van der Waals surface area contributed by atoms with Crippen molar-refractivity contribution in [2.24, 2.45) is 10.4 Å². The first kappa shape index (κ1) is 17.8. The highest BCUT2D eigenvalue weighted by molar-refractivity contribution is 5.79. The Balaban J connectivity index is 1.78. The summed E-state index contributed by atoms with van der Waals surface area (Å²) < 4.78 is 5.19. The van der Waals surface area contributed by atoms with Gasteiger partial charge in [-0.2, -0.15) is 0 Å². The molecule has 5 nitrogen and oxygen atoms in total. The van der Waals surface area contributed by atoms with Crippen molar-refractivity contribution in [3.63, 3.8) is 0 Å². The normalized spacial score (nSPS) is 17.6. The van der Waals surface area contributed by atoms with Gasteiger partial charge in [-0.15, -0.1) is 0 Å². The van der Waals surface area contributed by atoms with Gasteiger partial charge in [0.1, 0.15) is 0 Å². The van der Waals surface area contributed by atoms with Crippen LogP contribution in [0.15, 0.2) is 35.3 Å². The second kappa shape index (κ2) is 8.89. The van der Waals surface area contributed by atoms with E-state index in [-0.39, 0.29) is 12.5 Å². The fourth-order valence-corrected chi connectivity index (χ4v) is 2.74. The summed E-state index contributed by atoms with van der Waals surface area (Å²) in [6.45, 7) is 2.51. The minimum Gasteiger partial charge on any atom is -0.396 e. The van der Waals surface area contributed by atoms with Gasteiger partial charge in [0.25, 0.3) is 0 Å². The minimum absolute atomic E-state index is 0.0677. The zero-order valence-corrected chi connectivity index (χ0v) is 14.2. The smallest absolute Gasteiger partial charge is 0.191 e. The maximum Gasteiger partial charge on any atom is 0.191 e. The quantitative estimate of drug-likeness (QED) is 0.479. The van der Waals surface area contributed by atoms with E-state index in [4.69, 9.17) is 4.74 Å². The Kier molecular flexibility index (Phi) is 6.86. The van der Waals surface area contributed by atoms with Crippen molar-refractivity contribution in [3.05, 3.63) is 35.9 Å². The number of aliphatic hydroxyl groups excluding tert-OH is 1. The molecule has 1 aromatic carbocycles.